The highest BCUT2D eigenvalue weighted by molar-refractivity contribution is 7.89. The van der Waals surface area contributed by atoms with Gasteiger partial charge in [0.25, 0.3) is 0 Å². The van der Waals surface area contributed by atoms with Crippen LogP contribution in [-0.2, 0) is 19.6 Å². The van der Waals surface area contributed by atoms with E-state index in [1.807, 2.05) is 0 Å². The van der Waals surface area contributed by atoms with Crippen LogP contribution >= 0.6 is 11.6 Å². The van der Waals surface area contributed by atoms with E-state index in [0.29, 0.717) is 17.5 Å². The Morgan fingerprint density at radius 2 is 1.69 bits per heavy atom. The standard InChI is InChI=1S/C20H21ClF3N3O4S/c1-3-10-27(11-17(28)25-16-9-8-15(22)18(23)19(16)24)20(29)12(2)26-32(30,31)14-6-4-13(21)5-7-14/h4-9,12,26H,3,10-11H2,1-2H3,(H,25,28)/t12-/m0/s1. The molecule has 0 bridgehead atoms. The third-order valence-corrected chi connectivity index (χ3v) is 6.08. The van der Waals surface area contributed by atoms with Gasteiger partial charge in [0.2, 0.25) is 21.8 Å². The molecule has 0 aromatic heterocycles. The van der Waals surface area contributed by atoms with Gasteiger partial charge in [-0.3, -0.25) is 9.59 Å². The van der Waals surface area contributed by atoms with E-state index in [1.165, 1.54) is 31.2 Å². The lowest BCUT2D eigenvalue weighted by Crippen LogP contribution is -2.49. The van der Waals surface area contributed by atoms with Gasteiger partial charge in [-0.2, -0.15) is 4.72 Å². The summed E-state index contributed by atoms with van der Waals surface area (Å²) in [5.74, 6) is -6.30. The molecule has 0 aliphatic carbocycles. The van der Waals surface area contributed by atoms with Crippen LogP contribution in [0.5, 0.6) is 0 Å². The summed E-state index contributed by atoms with van der Waals surface area (Å²) in [6, 6.07) is 5.58. The third kappa shape index (κ3) is 6.44. The maximum atomic E-state index is 13.8. The summed E-state index contributed by atoms with van der Waals surface area (Å²) in [6.45, 7) is 2.58. The van der Waals surface area contributed by atoms with E-state index in [9.17, 15) is 31.2 Å². The Balaban J connectivity index is 2.10. The molecule has 0 unspecified atom stereocenters. The number of carbonyl (C=O) groups is 2. The van der Waals surface area contributed by atoms with Gasteiger partial charge in [0.05, 0.1) is 23.2 Å². The van der Waals surface area contributed by atoms with Gasteiger partial charge in [-0.1, -0.05) is 18.5 Å². The van der Waals surface area contributed by atoms with E-state index in [1.54, 1.807) is 6.92 Å². The Kier molecular flexibility index (Phi) is 8.65. The first-order valence-electron chi connectivity index (χ1n) is 9.46. The van der Waals surface area contributed by atoms with E-state index in [4.69, 9.17) is 11.6 Å². The maximum absolute atomic E-state index is 13.8. The molecular weight excluding hydrogens is 471 g/mol. The summed E-state index contributed by atoms with van der Waals surface area (Å²) in [7, 11) is -4.04. The van der Waals surface area contributed by atoms with Crippen LogP contribution in [0.1, 0.15) is 20.3 Å². The van der Waals surface area contributed by atoms with E-state index in [2.05, 4.69) is 10.0 Å². The Labute approximate surface area is 188 Å². The van der Waals surface area contributed by atoms with Gasteiger partial charge in [0.1, 0.15) is 0 Å². The number of anilines is 1. The van der Waals surface area contributed by atoms with Crippen LogP contribution in [0.3, 0.4) is 0 Å². The average Bonchev–Trinajstić information content (AvgIpc) is 2.73. The Morgan fingerprint density at radius 3 is 2.28 bits per heavy atom. The van der Waals surface area contributed by atoms with Crippen LogP contribution in [0.2, 0.25) is 5.02 Å². The van der Waals surface area contributed by atoms with Crippen LogP contribution in [-0.4, -0.2) is 44.3 Å². The molecule has 2 rings (SSSR count). The second kappa shape index (κ2) is 10.8. The first kappa shape index (κ1) is 25.6. The predicted molar refractivity (Wildman–Crippen MR) is 113 cm³/mol. The highest BCUT2D eigenvalue weighted by Crippen LogP contribution is 2.20. The number of sulfonamides is 1. The molecule has 0 saturated carbocycles. The molecule has 2 amide bonds. The number of benzene rings is 2. The summed E-state index contributed by atoms with van der Waals surface area (Å²) < 4.78 is 67.4. The van der Waals surface area contributed by atoms with Crippen LogP contribution < -0.4 is 10.0 Å². The van der Waals surface area contributed by atoms with Crippen LogP contribution in [0.4, 0.5) is 18.9 Å². The molecular formula is C20H21ClF3N3O4S. The van der Waals surface area contributed by atoms with Crippen molar-refractivity contribution in [2.75, 3.05) is 18.4 Å². The average molecular weight is 492 g/mol. The minimum atomic E-state index is -4.04. The molecule has 0 fully saturated rings. The SMILES string of the molecule is CCCN(CC(=O)Nc1ccc(F)c(F)c1F)C(=O)[C@H](C)NS(=O)(=O)c1ccc(Cl)cc1. The van der Waals surface area contributed by atoms with E-state index in [-0.39, 0.29) is 11.4 Å². The summed E-state index contributed by atoms with van der Waals surface area (Å²) in [6.07, 6.45) is 0.440. The van der Waals surface area contributed by atoms with Gasteiger partial charge in [0.15, 0.2) is 17.5 Å². The summed E-state index contributed by atoms with van der Waals surface area (Å²) in [5, 5.41) is 2.41. The zero-order chi connectivity index (χ0) is 24.1. The largest absolute Gasteiger partial charge is 0.332 e. The highest BCUT2D eigenvalue weighted by Gasteiger charge is 2.27. The second-order valence-electron chi connectivity index (χ2n) is 6.83. The second-order valence-corrected chi connectivity index (χ2v) is 8.98. The van der Waals surface area contributed by atoms with Crippen molar-refractivity contribution in [2.24, 2.45) is 0 Å². The maximum Gasteiger partial charge on any atom is 0.244 e. The summed E-state index contributed by atoms with van der Waals surface area (Å²) in [4.78, 5) is 26.0. The van der Waals surface area contributed by atoms with Gasteiger partial charge in [-0.05, 0) is 49.7 Å². The topological polar surface area (TPSA) is 95.6 Å². The number of carbonyl (C=O) groups excluding carboxylic acids is 2. The number of nitrogens with one attached hydrogen (secondary N) is 2. The van der Waals surface area contributed by atoms with Crippen molar-refractivity contribution in [3.8, 4) is 0 Å². The molecule has 7 nitrogen and oxygen atoms in total. The highest BCUT2D eigenvalue weighted by atomic mass is 35.5. The molecule has 0 saturated heterocycles. The van der Waals surface area contributed by atoms with Crippen molar-refractivity contribution < 1.29 is 31.2 Å². The number of rotatable bonds is 9. The number of hydrogen-bond acceptors (Lipinski definition) is 4. The fraction of sp³-hybridized carbons (Fsp3) is 0.300. The van der Waals surface area contributed by atoms with Crippen LogP contribution in [0.15, 0.2) is 41.3 Å². The van der Waals surface area contributed by atoms with Gasteiger partial charge < -0.3 is 10.2 Å². The van der Waals surface area contributed by atoms with Crippen molar-refractivity contribution in [3.05, 3.63) is 58.9 Å². The summed E-state index contributed by atoms with van der Waals surface area (Å²) in [5.41, 5.74) is -0.589. The van der Waals surface area contributed by atoms with Gasteiger partial charge in [-0.25, -0.2) is 21.6 Å². The van der Waals surface area contributed by atoms with Crippen molar-refractivity contribution >= 4 is 39.1 Å². The monoisotopic (exact) mass is 491 g/mol. The van der Waals surface area contributed by atoms with Gasteiger partial charge >= 0.3 is 0 Å². The fourth-order valence-electron chi connectivity index (χ4n) is 2.76. The van der Waals surface area contributed by atoms with Crippen LogP contribution in [0, 0.1) is 17.5 Å². The van der Waals surface area contributed by atoms with E-state index in [0.717, 1.165) is 11.0 Å². The zero-order valence-corrected chi connectivity index (χ0v) is 18.7. The molecule has 0 radical (unpaired) electrons. The lowest BCUT2D eigenvalue weighted by molar-refractivity contribution is -0.135. The molecule has 12 heteroatoms. The van der Waals surface area contributed by atoms with Crippen molar-refractivity contribution in [2.45, 2.75) is 31.2 Å². The Hall–Kier alpha value is -2.63. The number of hydrogen-bond donors (Lipinski definition) is 2. The van der Waals surface area contributed by atoms with Gasteiger partial charge in [-0.15, -0.1) is 0 Å². The Morgan fingerprint density at radius 1 is 1.06 bits per heavy atom. The molecule has 174 valence electrons. The molecule has 2 aromatic carbocycles. The molecule has 0 aliphatic rings. The minimum Gasteiger partial charge on any atom is -0.332 e. The molecule has 32 heavy (non-hydrogen) atoms. The lowest BCUT2D eigenvalue weighted by Gasteiger charge is -2.25. The normalized spacial score (nSPS) is 12.3. The summed E-state index contributed by atoms with van der Waals surface area (Å²) >= 11 is 5.75. The van der Waals surface area contributed by atoms with Crippen molar-refractivity contribution in [3.63, 3.8) is 0 Å². The molecule has 1 atom stereocenters. The first-order valence-corrected chi connectivity index (χ1v) is 11.3. The third-order valence-electron chi connectivity index (χ3n) is 4.28. The minimum absolute atomic E-state index is 0.0968. The smallest absolute Gasteiger partial charge is 0.244 e. The molecule has 0 spiro atoms. The Bertz CT molecular complexity index is 1100. The van der Waals surface area contributed by atoms with Gasteiger partial charge in [0, 0.05) is 11.6 Å². The lowest BCUT2D eigenvalue weighted by atomic mass is 10.2. The molecule has 0 aliphatic heterocycles. The van der Waals surface area contributed by atoms with E-state index < -0.39 is 57.6 Å². The predicted octanol–water partition coefficient (Wildman–Crippen LogP) is 3.30. The molecule has 2 N–H and O–H groups in total. The molecule has 0 heterocycles. The number of nitrogens with zero attached hydrogens (tertiary/aromatic N) is 1. The van der Waals surface area contributed by atoms with Crippen molar-refractivity contribution in [1.82, 2.24) is 9.62 Å². The molecule has 2 aromatic rings. The fourth-order valence-corrected chi connectivity index (χ4v) is 4.08. The van der Waals surface area contributed by atoms with Crippen LogP contribution in [0.25, 0.3) is 0 Å². The first-order chi connectivity index (χ1) is 15.0. The number of amides is 2. The zero-order valence-electron chi connectivity index (χ0n) is 17.2. The number of halogens is 4. The van der Waals surface area contributed by atoms with Crippen molar-refractivity contribution in [1.29, 1.82) is 0 Å². The van der Waals surface area contributed by atoms with E-state index >= 15 is 0 Å². The quantitative estimate of drug-likeness (QED) is 0.526.